The van der Waals surface area contributed by atoms with Gasteiger partial charge in [-0.1, -0.05) is 13.8 Å². The zero-order valence-electron chi connectivity index (χ0n) is 11.2. The van der Waals surface area contributed by atoms with Crippen LogP contribution in [0, 0.1) is 5.92 Å². The van der Waals surface area contributed by atoms with E-state index in [9.17, 15) is 13.2 Å². The van der Waals surface area contributed by atoms with Crippen molar-refractivity contribution in [1.29, 1.82) is 0 Å². The van der Waals surface area contributed by atoms with Crippen LogP contribution in [0.3, 0.4) is 0 Å². The molecule has 0 N–H and O–H groups in total. The third-order valence-corrected chi connectivity index (χ3v) is 2.44. The number of aromatic nitrogens is 1. The standard InChI is InChI=1S/C13H18F3NO2/c1-9(2)7-10(8-18-3)19-12-11(13(14,15)16)5-4-6-17-12/h4-6,9-10H,7-8H2,1-3H3/t10-/m1/s1. The van der Waals surface area contributed by atoms with Crippen LogP contribution in [0.4, 0.5) is 13.2 Å². The maximum Gasteiger partial charge on any atom is 0.421 e. The van der Waals surface area contributed by atoms with E-state index in [2.05, 4.69) is 4.98 Å². The number of halogens is 3. The summed E-state index contributed by atoms with van der Waals surface area (Å²) in [5.74, 6) is -0.101. The zero-order valence-corrected chi connectivity index (χ0v) is 11.2. The average molecular weight is 277 g/mol. The summed E-state index contributed by atoms with van der Waals surface area (Å²) in [6, 6.07) is 2.20. The summed E-state index contributed by atoms with van der Waals surface area (Å²) in [7, 11) is 1.49. The Labute approximate surface area is 110 Å². The number of rotatable bonds is 6. The highest BCUT2D eigenvalue weighted by Gasteiger charge is 2.35. The number of hydrogen-bond donors (Lipinski definition) is 0. The van der Waals surface area contributed by atoms with E-state index in [4.69, 9.17) is 9.47 Å². The molecule has 1 heterocycles. The van der Waals surface area contributed by atoms with Crippen molar-refractivity contribution in [2.75, 3.05) is 13.7 Å². The van der Waals surface area contributed by atoms with Crippen molar-refractivity contribution in [2.24, 2.45) is 5.92 Å². The predicted octanol–water partition coefficient (Wildman–Crippen LogP) is 3.54. The molecule has 1 aromatic rings. The average Bonchev–Trinajstić information content (AvgIpc) is 2.27. The van der Waals surface area contributed by atoms with Gasteiger partial charge in [0.2, 0.25) is 5.88 Å². The Bertz CT molecular complexity index is 394. The Morgan fingerprint density at radius 1 is 1.32 bits per heavy atom. The second-order valence-corrected chi connectivity index (χ2v) is 4.68. The third kappa shape index (κ3) is 5.06. The number of pyridine rings is 1. The normalized spacial score (nSPS) is 13.6. The Morgan fingerprint density at radius 2 is 2.00 bits per heavy atom. The largest absolute Gasteiger partial charge is 0.471 e. The maximum atomic E-state index is 12.8. The van der Waals surface area contributed by atoms with Crippen LogP contribution in [-0.4, -0.2) is 24.8 Å². The molecule has 3 nitrogen and oxygen atoms in total. The first-order chi connectivity index (χ1) is 8.84. The van der Waals surface area contributed by atoms with Gasteiger partial charge in [-0.15, -0.1) is 0 Å². The number of methoxy groups -OCH3 is 1. The molecule has 0 bridgehead atoms. The lowest BCUT2D eigenvalue weighted by atomic mass is 10.1. The van der Waals surface area contributed by atoms with Crippen LogP contribution >= 0.6 is 0 Å². The molecule has 1 rings (SSSR count). The van der Waals surface area contributed by atoms with Crippen molar-refractivity contribution in [3.05, 3.63) is 23.9 Å². The second kappa shape index (κ2) is 6.75. The van der Waals surface area contributed by atoms with Gasteiger partial charge >= 0.3 is 6.18 Å². The molecule has 0 fully saturated rings. The molecule has 6 heteroatoms. The van der Waals surface area contributed by atoms with Crippen LogP contribution in [0.25, 0.3) is 0 Å². The molecule has 1 atom stereocenters. The van der Waals surface area contributed by atoms with E-state index in [0.717, 1.165) is 6.07 Å². The monoisotopic (exact) mass is 277 g/mol. The molecule has 0 saturated heterocycles. The van der Waals surface area contributed by atoms with Gasteiger partial charge < -0.3 is 9.47 Å². The van der Waals surface area contributed by atoms with Crippen LogP contribution in [-0.2, 0) is 10.9 Å². The summed E-state index contributed by atoms with van der Waals surface area (Å²) < 4.78 is 48.7. The highest BCUT2D eigenvalue weighted by atomic mass is 19.4. The Morgan fingerprint density at radius 3 is 2.53 bits per heavy atom. The van der Waals surface area contributed by atoms with E-state index < -0.39 is 23.7 Å². The summed E-state index contributed by atoms with van der Waals surface area (Å²) in [6.07, 6.45) is -3.04. The van der Waals surface area contributed by atoms with Gasteiger partial charge in [-0.2, -0.15) is 13.2 Å². The van der Waals surface area contributed by atoms with E-state index in [1.54, 1.807) is 0 Å². The predicted molar refractivity (Wildman–Crippen MR) is 65.0 cm³/mol. The maximum absolute atomic E-state index is 12.8. The summed E-state index contributed by atoms with van der Waals surface area (Å²) in [5, 5.41) is 0. The molecular formula is C13H18F3NO2. The van der Waals surface area contributed by atoms with Gasteiger partial charge in [-0.05, 0) is 24.5 Å². The van der Waals surface area contributed by atoms with Crippen molar-refractivity contribution in [2.45, 2.75) is 32.5 Å². The van der Waals surface area contributed by atoms with Crippen LogP contribution in [0.15, 0.2) is 18.3 Å². The Hall–Kier alpha value is -1.30. The number of ether oxygens (including phenoxy) is 2. The fourth-order valence-corrected chi connectivity index (χ4v) is 1.72. The first-order valence-corrected chi connectivity index (χ1v) is 6.02. The Kier molecular flexibility index (Phi) is 5.60. The van der Waals surface area contributed by atoms with Gasteiger partial charge in [0.05, 0.1) is 6.61 Å². The quantitative estimate of drug-likeness (QED) is 0.797. The highest BCUT2D eigenvalue weighted by molar-refractivity contribution is 5.28. The Balaban J connectivity index is 2.90. The molecule has 0 unspecified atom stereocenters. The topological polar surface area (TPSA) is 31.4 Å². The molecular weight excluding hydrogens is 259 g/mol. The first-order valence-electron chi connectivity index (χ1n) is 6.02. The third-order valence-electron chi connectivity index (χ3n) is 2.44. The van der Waals surface area contributed by atoms with Crippen molar-refractivity contribution in [3.8, 4) is 5.88 Å². The molecule has 0 amide bonds. The van der Waals surface area contributed by atoms with Crippen molar-refractivity contribution >= 4 is 0 Å². The smallest absolute Gasteiger partial charge is 0.421 e. The van der Waals surface area contributed by atoms with E-state index in [1.165, 1.54) is 19.4 Å². The zero-order chi connectivity index (χ0) is 14.5. The molecule has 0 aromatic carbocycles. The fraction of sp³-hybridized carbons (Fsp3) is 0.615. The van der Waals surface area contributed by atoms with Gasteiger partial charge in [0.25, 0.3) is 0 Å². The van der Waals surface area contributed by atoms with E-state index in [1.807, 2.05) is 13.8 Å². The lowest BCUT2D eigenvalue weighted by Gasteiger charge is -2.21. The van der Waals surface area contributed by atoms with Crippen molar-refractivity contribution in [1.82, 2.24) is 4.98 Å². The van der Waals surface area contributed by atoms with E-state index >= 15 is 0 Å². The molecule has 108 valence electrons. The van der Waals surface area contributed by atoms with Crippen LogP contribution in [0.5, 0.6) is 5.88 Å². The van der Waals surface area contributed by atoms with Gasteiger partial charge in [0, 0.05) is 13.3 Å². The van der Waals surface area contributed by atoms with E-state index in [0.29, 0.717) is 6.42 Å². The highest BCUT2D eigenvalue weighted by Crippen LogP contribution is 2.35. The minimum absolute atomic E-state index is 0.228. The number of hydrogen-bond acceptors (Lipinski definition) is 3. The minimum atomic E-state index is -4.47. The van der Waals surface area contributed by atoms with Crippen LogP contribution < -0.4 is 4.74 Å². The van der Waals surface area contributed by atoms with Crippen molar-refractivity contribution < 1.29 is 22.6 Å². The molecule has 0 radical (unpaired) electrons. The number of alkyl halides is 3. The van der Waals surface area contributed by atoms with Crippen molar-refractivity contribution in [3.63, 3.8) is 0 Å². The minimum Gasteiger partial charge on any atom is -0.471 e. The molecule has 0 aliphatic carbocycles. The van der Waals surface area contributed by atoms with Gasteiger partial charge in [-0.25, -0.2) is 4.98 Å². The molecule has 0 aliphatic rings. The molecule has 0 saturated carbocycles. The number of nitrogens with zero attached hydrogens (tertiary/aromatic N) is 1. The van der Waals surface area contributed by atoms with Crippen LogP contribution in [0.2, 0.25) is 0 Å². The second-order valence-electron chi connectivity index (χ2n) is 4.68. The van der Waals surface area contributed by atoms with E-state index in [-0.39, 0.29) is 12.5 Å². The van der Waals surface area contributed by atoms with Crippen LogP contribution in [0.1, 0.15) is 25.8 Å². The molecule has 0 aliphatic heterocycles. The van der Waals surface area contributed by atoms with Gasteiger partial charge in [0.15, 0.2) is 0 Å². The summed E-state index contributed by atoms with van der Waals surface area (Å²) >= 11 is 0. The van der Waals surface area contributed by atoms with Gasteiger partial charge in [-0.3, -0.25) is 0 Å². The SMILES string of the molecule is COC[C@@H](CC(C)C)Oc1ncccc1C(F)(F)F. The molecule has 19 heavy (non-hydrogen) atoms. The summed E-state index contributed by atoms with van der Waals surface area (Å²) in [6.45, 7) is 4.16. The molecule has 0 spiro atoms. The lowest BCUT2D eigenvalue weighted by Crippen LogP contribution is -2.26. The fourth-order valence-electron chi connectivity index (χ4n) is 1.72. The summed E-state index contributed by atoms with van der Waals surface area (Å²) in [5.41, 5.74) is -0.861. The first kappa shape index (κ1) is 15.8. The lowest BCUT2D eigenvalue weighted by molar-refractivity contribution is -0.140. The summed E-state index contributed by atoms with van der Waals surface area (Å²) in [4.78, 5) is 3.68. The molecule has 1 aromatic heterocycles. The van der Waals surface area contributed by atoms with Gasteiger partial charge in [0.1, 0.15) is 11.7 Å².